The van der Waals surface area contributed by atoms with Crippen molar-refractivity contribution in [2.24, 2.45) is 0 Å². The maximum atomic E-state index is 13.2. The molecule has 0 saturated carbocycles. The number of nitrogens with zero attached hydrogens (tertiary/aromatic N) is 2. The molecule has 106 valence electrons. The number of hydrogen-bond donors (Lipinski definition) is 1. The molecule has 0 aliphatic heterocycles. The Morgan fingerprint density at radius 2 is 1.65 bits per heavy atom. The summed E-state index contributed by atoms with van der Waals surface area (Å²) in [6, 6.07) is 5.32. The zero-order valence-electron chi connectivity index (χ0n) is 11.3. The lowest BCUT2D eigenvalue weighted by atomic mass is 10.2. The maximum Gasteiger partial charge on any atom is 0.264 e. The van der Waals surface area contributed by atoms with Crippen LogP contribution in [0.4, 0.5) is 10.3 Å². The molecule has 0 fully saturated rings. The van der Waals surface area contributed by atoms with Gasteiger partial charge in [-0.2, -0.15) is 0 Å². The summed E-state index contributed by atoms with van der Waals surface area (Å²) in [5.41, 5.74) is 1.57. The third-order valence-electron chi connectivity index (χ3n) is 2.65. The number of hydrogen-bond acceptors (Lipinski definition) is 4. The molecule has 1 aromatic carbocycles. The van der Waals surface area contributed by atoms with E-state index in [2.05, 4.69) is 14.7 Å². The minimum absolute atomic E-state index is 0.00415. The molecule has 1 heterocycles. The fourth-order valence-corrected chi connectivity index (χ4v) is 2.76. The minimum Gasteiger partial charge on any atom is -0.247 e. The largest absolute Gasteiger partial charge is 0.264 e. The van der Waals surface area contributed by atoms with Crippen molar-refractivity contribution in [3.05, 3.63) is 47.0 Å². The Kier molecular flexibility index (Phi) is 3.71. The Bertz CT molecular complexity index is 740. The Labute approximate surface area is 116 Å². The molecule has 0 radical (unpaired) electrons. The van der Waals surface area contributed by atoms with Gasteiger partial charge in [0.15, 0.2) is 0 Å². The number of anilines is 1. The zero-order valence-corrected chi connectivity index (χ0v) is 12.1. The van der Waals surface area contributed by atoms with Gasteiger partial charge in [-0.15, -0.1) is 0 Å². The lowest BCUT2D eigenvalue weighted by Gasteiger charge is -2.08. The van der Waals surface area contributed by atoms with E-state index in [4.69, 9.17) is 0 Å². The average molecular weight is 295 g/mol. The fourth-order valence-electron chi connectivity index (χ4n) is 1.74. The molecule has 0 atom stereocenters. The van der Waals surface area contributed by atoms with Crippen LogP contribution in [0.25, 0.3) is 0 Å². The first-order valence-corrected chi connectivity index (χ1v) is 7.37. The van der Waals surface area contributed by atoms with E-state index in [0.29, 0.717) is 11.4 Å². The van der Waals surface area contributed by atoms with Gasteiger partial charge in [0, 0.05) is 11.4 Å². The SMILES string of the molecule is Cc1cc(C)nc(NS(=O)(=O)c2ccc(F)c(C)c2)n1. The number of halogens is 1. The minimum atomic E-state index is -3.83. The Hall–Kier alpha value is -2.02. The number of aromatic nitrogens is 2. The number of benzene rings is 1. The van der Waals surface area contributed by atoms with Gasteiger partial charge in [0.25, 0.3) is 10.0 Å². The first kappa shape index (κ1) is 14.4. The highest BCUT2D eigenvalue weighted by Gasteiger charge is 2.17. The molecule has 0 unspecified atom stereocenters. The molecule has 0 spiro atoms. The summed E-state index contributed by atoms with van der Waals surface area (Å²) in [5, 5.41) is 0. The first-order chi connectivity index (χ1) is 9.28. The third-order valence-corrected chi connectivity index (χ3v) is 3.97. The molecule has 20 heavy (non-hydrogen) atoms. The van der Waals surface area contributed by atoms with Gasteiger partial charge < -0.3 is 0 Å². The summed E-state index contributed by atoms with van der Waals surface area (Å²) in [4.78, 5) is 7.99. The van der Waals surface area contributed by atoms with E-state index in [9.17, 15) is 12.8 Å². The van der Waals surface area contributed by atoms with Crippen molar-refractivity contribution in [3.63, 3.8) is 0 Å². The van der Waals surface area contributed by atoms with Crippen LogP contribution in [0.15, 0.2) is 29.2 Å². The highest BCUT2D eigenvalue weighted by molar-refractivity contribution is 7.92. The predicted molar refractivity (Wildman–Crippen MR) is 73.5 cm³/mol. The van der Waals surface area contributed by atoms with E-state index >= 15 is 0 Å². The standard InChI is InChI=1S/C13H14FN3O2S/c1-8-6-11(4-5-12(8)14)20(18,19)17-13-15-9(2)7-10(3)16-13/h4-7H,1-3H3,(H,15,16,17). The van der Waals surface area contributed by atoms with Crippen LogP contribution >= 0.6 is 0 Å². The summed E-state index contributed by atoms with van der Waals surface area (Å²) < 4.78 is 39.8. The molecule has 1 aromatic heterocycles. The Morgan fingerprint density at radius 1 is 1.05 bits per heavy atom. The van der Waals surface area contributed by atoms with Gasteiger partial charge >= 0.3 is 0 Å². The molecule has 0 saturated heterocycles. The van der Waals surface area contributed by atoms with E-state index in [1.165, 1.54) is 19.1 Å². The van der Waals surface area contributed by atoms with E-state index in [0.717, 1.165) is 6.07 Å². The smallest absolute Gasteiger partial charge is 0.247 e. The lowest BCUT2D eigenvalue weighted by Crippen LogP contribution is -2.16. The van der Waals surface area contributed by atoms with Crippen molar-refractivity contribution in [2.75, 3.05) is 4.72 Å². The fraction of sp³-hybridized carbons (Fsp3) is 0.231. The first-order valence-electron chi connectivity index (χ1n) is 5.89. The second-order valence-corrected chi connectivity index (χ2v) is 6.17. The van der Waals surface area contributed by atoms with Gasteiger partial charge in [0.2, 0.25) is 5.95 Å². The zero-order chi connectivity index (χ0) is 14.9. The molecule has 0 aliphatic rings. The van der Waals surface area contributed by atoms with Crippen LogP contribution in [-0.4, -0.2) is 18.4 Å². The number of sulfonamides is 1. The number of rotatable bonds is 3. The molecule has 5 nitrogen and oxygen atoms in total. The molecule has 1 N–H and O–H groups in total. The monoisotopic (exact) mass is 295 g/mol. The van der Waals surface area contributed by atoms with E-state index in [-0.39, 0.29) is 16.4 Å². The van der Waals surface area contributed by atoms with Crippen molar-refractivity contribution in [3.8, 4) is 0 Å². The normalized spacial score (nSPS) is 11.4. The third kappa shape index (κ3) is 3.11. The van der Waals surface area contributed by atoms with Gasteiger partial charge in [-0.3, -0.25) is 0 Å². The summed E-state index contributed by atoms with van der Waals surface area (Å²) in [6.45, 7) is 4.99. The van der Waals surface area contributed by atoms with Gasteiger partial charge in [0.05, 0.1) is 4.90 Å². The molecule has 2 aromatic rings. The molecule has 2 rings (SSSR count). The van der Waals surface area contributed by atoms with Crippen molar-refractivity contribution in [2.45, 2.75) is 25.7 Å². The highest BCUT2D eigenvalue weighted by Crippen LogP contribution is 2.17. The van der Waals surface area contributed by atoms with Crippen LogP contribution in [0.3, 0.4) is 0 Å². The maximum absolute atomic E-state index is 13.2. The predicted octanol–water partition coefficient (Wildman–Crippen LogP) is 2.34. The quantitative estimate of drug-likeness (QED) is 0.943. The summed E-state index contributed by atoms with van der Waals surface area (Å²) >= 11 is 0. The highest BCUT2D eigenvalue weighted by atomic mass is 32.2. The van der Waals surface area contributed by atoms with Crippen LogP contribution < -0.4 is 4.72 Å². The molecule has 7 heteroatoms. The van der Waals surface area contributed by atoms with Crippen molar-refractivity contribution < 1.29 is 12.8 Å². The van der Waals surface area contributed by atoms with Crippen molar-refractivity contribution in [1.82, 2.24) is 9.97 Å². The number of aryl methyl sites for hydroxylation is 3. The molecule has 0 aliphatic carbocycles. The average Bonchev–Trinajstić information content (AvgIpc) is 2.30. The lowest BCUT2D eigenvalue weighted by molar-refractivity contribution is 0.598. The molecular weight excluding hydrogens is 281 g/mol. The van der Waals surface area contributed by atoms with Crippen LogP contribution in [0, 0.1) is 26.6 Å². The van der Waals surface area contributed by atoms with Crippen LogP contribution in [0.5, 0.6) is 0 Å². The van der Waals surface area contributed by atoms with E-state index in [1.807, 2.05) is 0 Å². The summed E-state index contributed by atoms with van der Waals surface area (Å²) in [5.74, 6) is -0.448. The van der Waals surface area contributed by atoms with Crippen LogP contribution in [0.1, 0.15) is 17.0 Å². The molecular formula is C13H14FN3O2S. The molecule has 0 bridgehead atoms. The molecule has 0 amide bonds. The van der Waals surface area contributed by atoms with Gasteiger partial charge in [-0.25, -0.2) is 27.5 Å². The van der Waals surface area contributed by atoms with Crippen molar-refractivity contribution >= 4 is 16.0 Å². The summed E-state index contributed by atoms with van der Waals surface area (Å²) in [7, 11) is -3.83. The summed E-state index contributed by atoms with van der Waals surface area (Å²) in [6.07, 6.45) is 0. The Morgan fingerprint density at radius 3 is 2.20 bits per heavy atom. The second kappa shape index (κ2) is 5.16. The second-order valence-electron chi connectivity index (χ2n) is 4.49. The Balaban J connectivity index is 2.37. The van der Waals surface area contributed by atoms with E-state index < -0.39 is 15.8 Å². The van der Waals surface area contributed by atoms with Gasteiger partial charge in [0.1, 0.15) is 5.82 Å². The topological polar surface area (TPSA) is 72.0 Å². The van der Waals surface area contributed by atoms with Crippen molar-refractivity contribution in [1.29, 1.82) is 0 Å². The van der Waals surface area contributed by atoms with Gasteiger partial charge in [-0.05, 0) is 50.6 Å². The van der Waals surface area contributed by atoms with Crippen LogP contribution in [-0.2, 0) is 10.0 Å². The van der Waals surface area contributed by atoms with E-state index in [1.54, 1.807) is 19.9 Å². The van der Waals surface area contributed by atoms with Crippen LogP contribution in [0.2, 0.25) is 0 Å². The van der Waals surface area contributed by atoms with Gasteiger partial charge in [-0.1, -0.05) is 0 Å². The number of nitrogens with one attached hydrogen (secondary N) is 1.